The molecule has 0 radical (unpaired) electrons. The van der Waals surface area contributed by atoms with E-state index in [2.05, 4.69) is 10.6 Å². The standard InChI is InChI=1S/C8H16N2O4/c1-5(11)3-9-7(13)8(14)10-4-6(2)12/h5-6,11-12H,3-4H2,1-2H3,(H,9,13)(H,10,14)/t5-,6-/m1/s1. The monoisotopic (exact) mass is 204 g/mol. The lowest BCUT2D eigenvalue weighted by atomic mass is 10.4. The van der Waals surface area contributed by atoms with Gasteiger partial charge in [-0.25, -0.2) is 0 Å². The second kappa shape index (κ2) is 6.33. The van der Waals surface area contributed by atoms with Gasteiger partial charge in [0.05, 0.1) is 12.2 Å². The van der Waals surface area contributed by atoms with E-state index in [-0.39, 0.29) is 13.1 Å². The highest BCUT2D eigenvalue weighted by atomic mass is 16.3. The van der Waals surface area contributed by atoms with Crippen molar-refractivity contribution < 1.29 is 19.8 Å². The van der Waals surface area contributed by atoms with Crippen LogP contribution in [0.2, 0.25) is 0 Å². The lowest BCUT2D eigenvalue weighted by molar-refractivity contribution is -0.139. The van der Waals surface area contributed by atoms with Crippen molar-refractivity contribution in [2.24, 2.45) is 0 Å². The van der Waals surface area contributed by atoms with Crippen LogP contribution in [0.3, 0.4) is 0 Å². The van der Waals surface area contributed by atoms with Crippen LogP contribution < -0.4 is 10.6 Å². The summed E-state index contributed by atoms with van der Waals surface area (Å²) in [6.07, 6.45) is -1.38. The molecule has 2 atom stereocenters. The van der Waals surface area contributed by atoms with Crippen molar-refractivity contribution in [3.8, 4) is 0 Å². The first-order valence-electron chi connectivity index (χ1n) is 4.35. The number of amides is 2. The van der Waals surface area contributed by atoms with E-state index in [0.29, 0.717) is 0 Å². The molecular weight excluding hydrogens is 188 g/mol. The molecule has 0 bridgehead atoms. The molecule has 0 aromatic carbocycles. The van der Waals surface area contributed by atoms with E-state index in [4.69, 9.17) is 10.2 Å². The van der Waals surface area contributed by atoms with Crippen LogP contribution in [0.5, 0.6) is 0 Å². The van der Waals surface area contributed by atoms with Gasteiger partial charge in [0.1, 0.15) is 0 Å². The number of aliphatic hydroxyl groups is 2. The molecule has 82 valence electrons. The average molecular weight is 204 g/mol. The minimum atomic E-state index is -0.813. The van der Waals surface area contributed by atoms with Crippen LogP contribution >= 0.6 is 0 Å². The van der Waals surface area contributed by atoms with Gasteiger partial charge in [0.2, 0.25) is 0 Å². The van der Waals surface area contributed by atoms with Gasteiger partial charge in [0.25, 0.3) is 0 Å². The largest absolute Gasteiger partial charge is 0.392 e. The summed E-state index contributed by atoms with van der Waals surface area (Å²) in [4.78, 5) is 21.9. The summed E-state index contributed by atoms with van der Waals surface area (Å²) < 4.78 is 0. The minimum absolute atomic E-state index is 0.0287. The van der Waals surface area contributed by atoms with Crippen molar-refractivity contribution in [3.05, 3.63) is 0 Å². The highest BCUT2D eigenvalue weighted by Crippen LogP contribution is 1.78. The normalized spacial score (nSPS) is 14.3. The molecule has 0 aliphatic carbocycles. The predicted molar refractivity (Wildman–Crippen MR) is 49.4 cm³/mol. The fraction of sp³-hybridized carbons (Fsp3) is 0.750. The van der Waals surface area contributed by atoms with E-state index < -0.39 is 24.0 Å². The zero-order valence-electron chi connectivity index (χ0n) is 8.28. The first kappa shape index (κ1) is 12.9. The van der Waals surface area contributed by atoms with Gasteiger partial charge >= 0.3 is 11.8 Å². The van der Waals surface area contributed by atoms with E-state index in [0.717, 1.165) is 0 Å². The van der Waals surface area contributed by atoms with Gasteiger partial charge in [-0.05, 0) is 13.8 Å². The fourth-order valence-electron chi connectivity index (χ4n) is 0.641. The number of aliphatic hydroxyl groups excluding tert-OH is 2. The molecule has 0 saturated carbocycles. The number of hydrogen-bond acceptors (Lipinski definition) is 4. The maximum Gasteiger partial charge on any atom is 0.309 e. The molecule has 0 saturated heterocycles. The zero-order valence-corrected chi connectivity index (χ0v) is 8.28. The molecule has 0 rings (SSSR count). The topological polar surface area (TPSA) is 98.7 Å². The van der Waals surface area contributed by atoms with Crippen molar-refractivity contribution in [2.75, 3.05) is 13.1 Å². The van der Waals surface area contributed by atoms with Gasteiger partial charge in [0, 0.05) is 13.1 Å². The third-order valence-electron chi connectivity index (χ3n) is 1.32. The smallest absolute Gasteiger partial charge is 0.309 e. The predicted octanol–water partition coefficient (Wildman–Crippen LogP) is -2.02. The number of carbonyl (C=O) groups excluding carboxylic acids is 2. The van der Waals surface area contributed by atoms with E-state index in [1.807, 2.05) is 0 Å². The van der Waals surface area contributed by atoms with Gasteiger partial charge in [-0.1, -0.05) is 0 Å². The molecule has 0 aromatic heterocycles. The van der Waals surface area contributed by atoms with Crippen molar-refractivity contribution in [1.29, 1.82) is 0 Å². The van der Waals surface area contributed by atoms with Crippen LogP contribution in [0.1, 0.15) is 13.8 Å². The number of carbonyl (C=O) groups is 2. The summed E-state index contributed by atoms with van der Waals surface area (Å²) in [5.74, 6) is -1.63. The molecule has 0 heterocycles. The van der Waals surface area contributed by atoms with Crippen LogP contribution in [-0.4, -0.2) is 47.3 Å². The Morgan fingerprint density at radius 3 is 1.50 bits per heavy atom. The van der Waals surface area contributed by atoms with Gasteiger partial charge in [-0.3, -0.25) is 9.59 Å². The van der Waals surface area contributed by atoms with Crippen molar-refractivity contribution >= 4 is 11.8 Å². The summed E-state index contributed by atoms with van der Waals surface area (Å²) in [7, 11) is 0. The summed E-state index contributed by atoms with van der Waals surface area (Å²) in [6.45, 7) is 3.05. The van der Waals surface area contributed by atoms with E-state index >= 15 is 0 Å². The molecule has 2 amide bonds. The van der Waals surface area contributed by atoms with Crippen LogP contribution in [0.15, 0.2) is 0 Å². The Balaban J connectivity index is 3.71. The van der Waals surface area contributed by atoms with Crippen molar-refractivity contribution in [1.82, 2.24) is 10.6 Å². The third kappa shape index (κ3) is 6.38. The Kier molecular flexibility index (Phi) is 5.82. The quantitative estimate of drug-likeness (QED) is 0.397. The molecule has 0 fully saturated rings. The third-order valence-corrected chi connectivity index (χ3v) is 1.32. The first-order valence-corrected chi connectivity index (χ1v) is 4.35. The second-order valence-electron chi connectivity index (χ2n) is 3.12. The lowest BCUT2D eigenvalue weighted by Crippen LogP contribution is -2.44. The number of rotatable bonds is 4. The van der Waals surface area contributed by atoms with Crippen LogP contribution in [0.4, 0.5) is 0 Å². The van der Waals surface area contributed by atoms with Gasteiger partial charge in [0.15, 0.2) is 0 Å². The Labute approximate surface area is 82.3 Å². The van der Waals surface area contributed by atoms with Gasteiger partial charge in [-0.2, -0.15) is 0 Å². The van der Waals surface area contributed by atoms with Crippen molar-refractivity contribution in [2.45, 2.75) is 26.1 Å². The summed E-state index contributed by atoms with van der Waals surface area (Å²) >= 11 is 0. The fourth-order valence-corrected chi connectivity index (χ4v) is 0.641. The molecule has 6 nitrogen and oxygen atoms in total. The van der Waals surface area contributed by atoms with E-state index in [9.17, 15) is 9.59 Å². The highest BCUT2D eigenvalue weighted by molar-refractivity contribution is 6.35. The van der Waals surface area contributed by atoms with Gasteiger partial charge in [-0.15, -0.1) is 0 Å². The van der Waals surface area contributed by atoms with Crippen LogP contribution in [0.25, 0.3) is 0 Å². The van der Waals surface area contributed by atoms with Crippen LogP contribution in [0, 0.1) is 0 Å². The molecule has 0 aliphatic heterocycles. The summed E-state index contributed by atoms with van der Waals surface area (Å²) in [5, 5.41) is 22.1. The number of hydrogen-bond donors (Lipinski definition) is 4. The van der Waals surface area contributed by atoms with E-state index in [1.165, 1.54) is 13.8 Å². The van der Waals surface area contributed by atoms with E-state index in [1.54, 1.807) is 0 Å². The lowest BCUT2D eigenvalue weighted by Gasteiger charge is -2.08. The molecule has 0 spiro atoms. The molecule has 6 heteroatoms. The SMILES string of the molecule is C[C@@H](O)CNC(=O)C(=O)NC[C@@H](C)O. The highest BCUT2D eigenvalue weighted by Gasteiger charge is 2.13. The average Bonchev–Trinajstić information content (AvgIpc) is 2.09. The Hall–Kier alpha value is -1.14. The molecule has 14 heavy (non-hydrogen) atoms. The van der Waals surface area contributed by atoms with Gasteiger partial charge < -0.3 is 20.8 Å². The summed E-state index contributed by atoms with van der Waals surface area (Å²) in [5.41, 5.74) is 0. The Morgan fingerprint density at radius 1 is 1.00 bits per heavy atom. The Morgan fingerprint density at radius 2 is 1.29 bits per heavy atom. The minimum Gasteiger partial charge on any atom is -0.392 e. The second-order valence-corrected chi connectivity index (χ2v) is 3.12. The summed E-state index contributed by atoms with van der Waals surface area (Å²) in [6, 6.07) is 0. The first-order chi connectivity index (χ1) is 6.43. The van der Waals surface area contributed by atoms with Crippen molar-refractivity contribution in [3.63, 3.8) is 0 Å². The molecule has 0 unspecified atom stereocenters. The Bertz CT molecular complexity index is 182. The molecular formula is C8H16N2O4. The maximum atomic E-state index is 10.9. The molecule has 4 N–H and O–H groups in total. The van der Waals surface area contributed by atoms with Crippen LogP contribution in [-0.2, 0) is 9.59 Å². The molecule has 0 aliphatic rings. The maximum absolute atomic E-state index is 10.9. The number of nitrogens with one attached hydrogen (secondary N) is 2. The zero-order chi connectivity index (χ0) is 11.1. The molecule has 0 aromatic rings.